The third-order valence-electron chi connectivity index (χ3n) is 2.96. The third kappa shape index (κ3) is 6.38. The summed E-state index contributed by atoms with van der Waals surface area (Å²) < 4.78 is 23.0. The Hall–Kier alpha value is -0.630. The highest BCUT2D eigenvalue weighted by Gasteiger charge is 2.26. The van der Waals surface area contributed by atoms with Crippen LogP contribution in [0, 0.1) is 5.92 Å². The Balaban J connectivity index is 2.44. The first-order chi connectivity index (χ1) is 9.09. The molecule has 0 aliphatic heterocycles. The van der Waals surface area contributed by atoms with E-state index in [4.69, 9.17) is 9.05 Å². The monoisotopic (exact) mass is 284 g/mol. The van der Waals surface area contributed by atoms with Crippen LogP contribution in [0.1, 0.15) is 32.8 Å². The van der Waals surface area contributed by atoms with Gasteiger partial charge < -0.3 is 9.05 Å². The van der Waals surface area contributed by atoms with Gasteiger partial charge in [0, 0.05) is 0 Å². The zero-order valence-electron chi connectivity index (χ0n) is 12.2. The molecular formula is C15H25O3P. The fourth-order valence-electron chi connectivity index (χ4n) is 2.07. The predicted molar refractivity (Wildman–Crippen MR) is 79.7 cm³/mol. The summed E-state index contributed by atoms with van der Waals surface area (Å²) in [6, 6.07) is 10.4. The Bertz CT molecular complexity index is 382. The number of rotatable bonds is 9. The van der Waals surface area contributed by atoms with Crippen molar-refractivity contribution in [2.24, 2.45) is 5.92 Å². The lowest BCUT2D eigenvalue weighted by molar-refractivity contribution is 0.216. The van der Waals surface area contributed by atoms with Gasteiger partial charge in [-0.1, -0.05) is 37.3 Å². The van der Waals surface area contributed by atoms with Gasteiger partial charge in [-0.25, -0.2) is 0 Å². The van der Waals surface area contributed by atoms with Crippen molar-refractivity contribution in [2.45, 2.75) is 33.6 Å². The van der Waals surface area contributed by atoms with Crippen molar-refractivity contribution in [3.8, 4) is 0 Å². The lowest BCUT2D eigenvalue weighted by Gasteiger charge is -2.20. The van der Waals surface area contributed by atoms with E-state index in [1.54, 1.807) is 0 Å². The molecule has 108 valence electrons. The molecule has 0 amide bonds. The minimum atomic E-state index is -2.90. The second-order valence-electron chi connectivity index (χ2n) is 4.76. The van der Waals surface area contributed by atoms with Crippen LogP contribution in [0.3, 0.4) is 0 Å². The Morgan fingerprint density at radius 1 is 1.11 bits per heavy atom. The molecule has 19 heavy (non-hydrogen) atoms. The molecule has 0 bridgehead atoms. The maximum absolute atomic E-state index is 12.4. The summed E-state index contributed by atoms with van der Waals surface area (Å²) in [6.45, 7) is 6.67. The fourth-order valence-corrected chi connectivity index (χ4v) is 4.08. The zero-order valence-corrected chi connectivity index (χ0v) is 13.1. The van der Waals surface area contributed by atoms with E-state index in [-0.39, 0.29) is 0 Å². The number of aryl methyl sites for hydroxylation is 1. The average molecular weight is 284 g/mol. The Morgan fingerprint density at radius 3 is 2.21 bits per heavy atom. The molecule has 0 N–H and O–H groups in total. The molecule has 0 unspecified atom stereocenters. The molecule has 0 spiro atoms. The number of hydrogen-bond donors (Lipinski definition) is 0. The summed E-state index contributed by atoms with van der Waals surface area (Å²) >= 11 is 0. The molecule has 0 radical (unpaired) electrons. The van der Waals surface area contributed by atoms with Crippen LogP contribution in [0.25, 0.3) is 0 Å². The maximum Gasteiger partial charge on any atom is 0.330 e. The van der Waals surface area contributed by atoms with E-state index in [0.717, 1.165) is 12.8 Å². The van der Waals surface area contributed by atoms with Gasteiger partial charge in [-0.15, -0.1) is 0 Å². The van der Waals surface area contributed by atoms with Crippen molar-refractivity contribution < 1.29 is 13.6 Å². The van der Waals surface area contributed by atoms with Gasteiger partial charge in [0.05, 0.1) is 19.4 Å². The molecule has 1 atom stereocenters. The van der Waals surface area contributed by atoms with Crippen molar-refractivity contribution in [2.75, 3.05) is 19.4 Å². The third-order valence-corrected chi connectivity index (χ3v) is 5.33. The van der Waals surface area contributed by atoms with E-state index >= 15 is 0 Å². The standard InChI is InChI=1S/C15H25O3P/c1-4-17-19(16,18-5-2)13-14(3)11-12-15-9-7-6-8-10-15/h6-10,14H,4-5,11-13H2,1-3H3/t14-/m0/s1. The van der Waals surface area contributed by atoms with Crippen LogP contribution >= 0.6 is 7.60 Å². The molecule has 0 saturated carbocycles. The molecule has 0 fully saturated rings. The van der Waals surface area contributed by atoms with Gasteiger partial charge in [0.25, 0.3) is 0 Å². The molecule has 0 saturated heterocycles. The minimum absolute atomic E-state index is 0.323. The van der Waals surface area contributed by atoms with Gasteiger partial charge in [0.1, 0.15) is 0 Å². The Kier molecular flexibility index (Phi) is 7.37. The molecule has 1 rings (SSSR count). The number of benzene rings is 1. The van der Waals surface area contributed by atoms with Crippen LogP contribution in [0.5, 0.6) is 0 Å². The van der Waals surface area contributed by atoms with Gasteiger partial charge in [0.15, 0.2) is 0 Å². The van der Waals surface area contributed by atoms with E-state index in [2.05, 4.69) is 19.1 Å². The highest BCUT2D eigenvalue weighted by atomic mass is 31.2. The Labute approximate surface area is 116 Å². The van der Waals surface area contributed by atoms with E-state index in [1.807, 2.05) is 32.0 Å². The molecular weight excluding hydrogens is 259 g/mol. The molecule has 0 aliphatic rings. The quantitative estimate of drug-likeness (QED) is 0.625. The van der Waals surface area contributed by atoms with Crippen LogP contribution in [0.15, 0.2) is 30.3 Å². The van der Waals surface area contributed by atoms with Crippen LogP contribution in [0.2, 0.25) is 0 Å². The van der Waals surface area contributed by atoms with Crippen LogP contribution in [0.4, 0.5) is 0 Å². The highest BCUT2D eigenvalue weighted by Crippen LogP contribution is 2.49. The molecule has 1 aromatic carbocycles. The lowest BCUT2D eigenvalue weighted by Crippen LogP contribution is -2.08. The van der Waals surface area contributed by atoms with Gasteiger partial charge in [-0.05, 0) is 38.2 Å². The summed E-state index contributed by atoms with van der Waals surface area (Å²) in [6.07, 6.45) is 2.50. The summed E-state index contributed by atoms with van der Waals surface area (Å²) in [4.78, 5) is 0. The van der Waals surface area contributed by atoms with Gasteiger partial charge in [-0.3, -0.25) is 4.57 Å². The van der Waals surface area contributed by atoms with Crippen LogP contribution in [-0.2, 0) is 20.0 Å². The van der Waals surface area contributed by atoms with Crippen molar-refractivity contribution in [1.29, 1.82) is 0 Å². The molecule has 0 aliphatic carbocycles. The fraction of sp³-hybridized carbons (Fsp3) is 0.600. The summed E-state index contributed by atoms with van der Waals surface area (Å²) in [5, 5.41) is 0. The van der Waals surface area contributed by atoms with E-state index < -0.39 is 7.60 Å². The Morgan fingerprint density at radius 2 is 1.68 bits per heavy atom. The van der Waals surface area contributed by atoms with Crippen molar-refractivity contribution in [1.82, 2.24) is 0 Å². The van der Waals surface area contributed by atoms with E-state index in [0.29, 0.717) is 25.3 Å². The topological polar surface area (TPSA) is 35.5 Å². The largest absolute Gasteiger partial charge is 0.330 e. The lowest BCUT2D eigenvalue weighted by atomic mass is 10.0. The smallest absolute Gasteiger partial charge is 0.309 e. The zero-order chi connectivity index (χ0) is 14.1. The first-order valence-electron chi connectivity index (χ1n) is 7.01. The van der Waals surface area contributed by atoms with Crippen molar-refractivity contribution >= 4 is 7.60 Å². The van der Waals surface area contributed by atoms with Gasteiger partial charge >= 0.3 is 7.60 Å². The van der Waals surface area contributed by atoms with Gasteiger partial charge in [0.2, 0.25) is 0 Å². The summed E-state index contributed by atoms with van der Waals surface area (Å²) in [5.74, 6) is 0.323. The maximum atomic E-state index is 12.4. The summed E-state index contributed by atoms with van der Waals surface area (Å²) in [7, 11) is -2.90. The average Bonchev–Trinajstić information content (AvgIpc) is 2.38. The first kappa shape index (κ1) is 16.4. The molecule has 0 heterocycles. The second-order valence-corrected chi connectivity index (χ2v) is 6.86. The van der Waals surface area contributed by atoms with Gasteiger partial charge in [-0.2, -0.15) is 0 Å². The number of hydrogen-bond acceptors (Lipinski definition) is 3. The van der Waals surface area contributed by atoms with E-state index in [1.165, 1.54) is 5.56 Å². The summed E-state index contributed by atoms with van der Waals surface area (Å²) in [5.41, 5.74) is 1.32. The van der Waals surface area contributed by atoms with Crippen molar-refractivity contribution in [3.63, 3.8) is 0 Å². The van der Waals surface area contributed by atoms with Crippen LogP contribution < -0.4 is 0 Å². The normalized spacial score (nSPS) is 13.4. The second kappa shape index (κ2) is 8.52. The van der Waals surface area contributed by atoms with E-state index in [9.17, 15) is 4.57 Å². The molecule has 4 heteroatoms. The molecule has 3 nitrogen and oxygen atoms in total. The first-order valence-corrected chi connectivity index (χ1v) is 8.74. The minimum Gasteiger partial charge on any atom is -0.309 e. The highest BCUT2D eigenvalue weighted by molar-refractivity contribution is 7.53. The van der Waals surface area contributed by atoms with Crippen LogP contribution in [-0.4, -0.2) is 19.4 Å². The van der Waals surface area contributed by atoms with Crippen molar-refractivity contribution in [3.05, 3.63) is 35.9 Å². The predicted octanol–water partition coefficient (Wildman–Crippen LogP) is 4.52. The molecule has 1 aromatic rings. The SMILES string of the molecule is CCOP(=O)(C[C@@H](C)CCc1ccccc1)OCC. The molecule has 0 aromatic heterocycles.